The second kappa shape index (κ2) is 2.83. The van der Waals surface area contributed by atoms with Crippen LogP contribution < -0.4 is 0 Å². The number of rotatable bonds is 0. The Kier molecular flexibility index (Phi) is 1.87. The summed E-state index contributed by atoms with van der Waals surface area (Å²) in [4.78, 5) is 3.37. The van der Waals surface area contributed by atoms with E-state index in [1.165, 1.54) is 5.56 Å². The first kappa shape index (κ1) is 9.23. The molecular formula is C12H13NO. The lowest BCUT2D eigenvalue weighted by molar-refractivity contribution is 0.0666. The Labute approximate surface area is 84.0 Å². The minimum atomic E-state index is -0.431. The zero-order valence-electron chi connectivity index (χ0n) is 8.41. The first-order chi connectivity index (χ1) is 6.54. The monoisotopic (exact) mass is 187 g/mol. The Morgan fingerprint density at radius 1 is 1.50 bits per heavy atom. The Morgan fingerprint density at radius 3 is 2.86 bits per heavy atom. The lowest BCUT2D eigenvalue weighted by Crippen LogP contribution is -2.16. The van der Waals surface area contributed by atoms with Crippen LogP contribution in [0.5, 0.6) is 0 Å². The SMILES string of the molecule is [C-]#[N+]c1ccc2c(c1)C(O)C(C)(C)C2. The van der Waals surface area contributed by atoms with Crippen LogP contribution in [-0.2, 0) is 6.42 Å². The van der Waals surface area contributed by atoms with E-state index in [0.717, 1.165) is 12.0 Å². The molecule has 0 saturated heterocycles. The molecule has 1 N–H and O–H groups in total. The highest BCUT2D eigenvalue weighted by molar-refractivity contribution is 5.52. The van der Waals surface area contributed by atoms with Gasteiger partial charge in [0.15, 0.2) is 5.69 Å². The fourth-order valence-electron chi connectivity index (χ4n) is 2.08. The fourth-order valence-corrected chi connectivity index (χ4v) is 2.08. The van der Waals surface area contributed by atoms with Gasteiger partial charge in [0.2, 0.25) is 0 Å². The summed E-state index contributed by atoms with van der Waals surface area (Å²) >= 11 is 0. The van der Waals surface area contributed by atoms with Crippen LogP contribution in [0, 0.1) is 12.0 Å². The lowest BCUT2D eigenvalue weighted by Gasteiger charge is -2.22. The zero-order chi connectivity index (χ0) is 10.3. The molecule has 1 aliphatic carbocycles. The van der Waals surface area contributed by atoms with Crippen molar-refractivity contribution in [3.63, 3.8) is 0 Å². The number of aliphatic hydroxyl groups excluding tert-OH is 1. The molecule has 0 bridgehead atoms. The molecule has 1 atom stereocenters. The highest BCUT2D eigenvalue weighted by Gasteiger charge is 2.37. The third-order valence-corrected chi connectivity index (χ3v) is 2.94. The molecule has 2 nitrogen and oxygen atoms in total. The molecule has 1 aromatic carbocycles. The molecular weight excluding hydrogens is 174 g/mol. The van der Waals surface area contributed by atoms with Crippen molar-refractivity contribution in [2.24, 2.45) is 5.41 Å². The normalized spacial score (nSPS) is 22.9. The molecule has 0 heterocycles. The highest BCUT2D eigenvalue weighted by atomic mass is 16.3. The van der Waals surface area contributed by atoms with Gasteiger partial charge in [-0.1, -0.05) is 32.0 Å². The van der Waals surface area contributed by atoms with Crippen LogP contribution in [0.1, 0.15) is 31.1 Å². The summed E-state index contributed by atoms with van der Waals surface area (Å²) in [6.45, 7) is 11.0. The van der Waals surface area contributed by atoms with Crippen molar-refractivity contribution >= 4 is 5.69 Å². The van der Waals surface area contributed by atoms with E-state index >= 15 is 0 Å². The Morgan fingerprint density at radius 2 is 2.21 bits per heavy atom. The van der Waals surface area contributed by atoms with Gasteiger partial charge in [-0.2, -0.15) is 0 Å². The summed E-state index contributed by atoms with van der Waals surface area (Å²) in [6.07, 6.45) is 0.459. The van der Waals surface area contributed by atoms with Gasteiger partial charge >= 0.3 is 0 Å². The summed E-state index contributed by atoms with van der Waals surface area (Å²) in [5, 5.41) is 10.0. The summed E-state index contributed by atoms with van der Waals surface area (Å²) in [6, 6.07) is 5.59. The van der Waals surface area contributed by atoms with E-state index < -0.39 is 6.10 Å². The van der Waals surface area contributed by atoms with E-state index in [0.29, 0.717) is 5.69 Å². The van der Waals surface area contributed by atoms with Crippen molar-refractivity contribution in [3.05, 3.63) is 40.7 Å². The summed E-state index contributed by atoms with van der Waals surface area (Å²) < 4.78 is 0. The van der Waals surface area contributed by atoms with Gasteiger partial charge in [-0.15, -0.1) is 0 Å². The molecule has 0 radical (unpaired) electrons. The maximum absolute atomic E-state index is 10.0. The predicted octanol–water partition coefficient (Wildman–Crippen LogP) is 2.85. The standard InChI is InChI=1S/C12H13NO/c1-12(2)7-8-4-5-9(13-3)6-10(8)11(12)14/h4-6,11,14H,7H2,1-2H3. The molecule has 1 aliphatic rings. The van der Waals surface area contributed by atoms with E-state index in [-0.39, 0.29) is 5.41 Å². The molecule has 0 aromatic heterocycles. The number of aliphatic hydroxyl groups is 1. The molecule has 72 valence electrons. The largest absolute Gasteiger partial charge is 0.388 e. The van der Waals surface area contributed by atoms with Gasteiger partial charge in [-0.3, -0.25) is 0 Å². The number of benzene rings is 1. The van der Waals surface area contributed by atoms with Gasteiger partial charge in [0.25, 0.3) is 0 Å². The second-order valence-corrected chi connectivity index (χ2v) is 4.56. The number of hydrogen-bond donors (Lipinski definition) is 1. The Balaban J connectivity index is 2.52. The van der Waals surface area contributed by atoms with Crippen LogP contribution in [0.15, 0.2) is 18.2 Å². The van der Waals surface area contributed by atoms with Crippen LogP contribution in [0.2, 0.25) is 0 Å². The second-order valence-electron chi connectivity index (χ2n) is 4.56. The third kappa shape index (κ3) is 1.21. The van der Waals surface area contributed by atoms with Gasteiger partial charge < -0.3 is 5.11 Å². The third-order valence-electron chi connectivity index (χ3n) is 2.94. The average Bonchev–Trinajstić information content (AvgIpc) is 2.38. The number of hydrogen-bond acceptors (Lipinski definition) is 1. The molecule has 2 rings (SSSR count). The molecule has 14 heavy (non-hydrogen) atoms. The first-order valence-electron chi connectivity index (χ1n) is 4.73. The van der Waals surface area contributed by atoms with Gasteiger partial charge in [-0.05, 0) is 23.0 Å². The van der Waals surface area contributed by atoms with E-state index in [1.54, 1.807) is 0 Å². The van der Waals surface area contributed by atoms with Gasteiger partial charge in [0.05, 0.1) is 12.7 Å². The first-order valence-corrected chi connectivity index (χ1v) is 4.73. The smallest absolute Gasteiger partial charge is 0.187 e. The van der Waals surface area contributed by atoms with E-state index in [4.69, 9.17) is 6.57 Å². The molecule has 0 saturated carbocycles. The van der Waals surface area contributed by atoms with E-state index in [9.17, 15) is 5.11 Å². The highest BCUT2D eigenvalue weighted by Crippen LogP contribution is 2.45. The molecule has 1 unspecified atom stereocenters. The molecule has 2 heteroatoms. The van der Waals surface area contributed by atoms with Crippen LogP contribution in [0.3, 0.4) is 0 Å². The van der Waals surface area contributed by atoms with Crippen molar-refractivity contribution in [1.29, 1.82) is 0 Å². The van der Waals surface area contributed by atoms with Crippen LogP contribution in [0.4, 0.5) is 5.69 Å². The molecule has 0 aliphatic heterocycles. The van der Waals surface area contributed by atoms with Gasteiger partial charge in [0.1, 0.15) is 0 Å². The Hall–Kier alpha value is -1.33. The zero-order valence-corrected chi connectivity index (χ0v) is 8.41. The van der Waals surface area contributed by atoms with Gasteiger partial charge in [-0.25, -0.2) is 4.85 Å². The van der Waals surface area contributed by atoms with E-state index in [1.807, 2.05) is 18.2 Å². The van der Waals surface area contributed by atoms with Crippen LogP contribution >= 0.6 is 0 Å². The summed E-state index contributed by atoms with van der Waals surface area (Å²) in [5.74, 6) is 0. The summed E-state index contributed by atoms with van der Waals surface area (Å²) in [7, 11) is 0. The fraction of sp³-hybridized carbons (Fsp3) is 0.417. The van der Waals surface area contributed by atoms with Crippen molar-refractivity contribution in [3.8, 4) is 0 Å². The van der Waals surface area contributed by atoms with Gasteiger partial charge in [0, 0.05) is 0 Å². The van der Waals surface area contributed by atoms with Crippen LogP contribution in [0.25, 0.3) is 4.85 Å². The van der Waals surface area contributed by atoms with Crippen molar-refractivity contribution in [2.45, 2.75) is 26.4 Å². The van der Waals surface area contributed by atoms with Crippen molar-refractivity contribution < 1.29 is 5.11 Å². The van der Waals surface area contributed by atoms with Crippen molar-refractivity contribution in [1.82, 2.24) is 0 Å². The average molecular weight is 187 g/mol. The molecule has 0 amide bonds. The minimum absolute atomic E-state index is 0.0943. The topological polar surface area (TPSA) is 24.6 Å². The maximum Gasteiger partial charge on any atom is 0.187 e. The molecule has 0 spiro atoms. The maximum atomic E-state index is 10.0. The summed E-state index contributed by atoms with van der Waals surface area (Å²) in [5.41, 5.74) is 2.63. The minimum Gasteiger partial charge on any atom is -0.388 e. The van der Waals surface area contributed by atoms with E-state index in [2.05, 4.69) is 18.7 Å². The Bertz CT molecular complexity index is 415. The van der Waals surface area contributed by atoms with Crippen LogP contribution in [-0.4, -0.2) is 5.11 Å². The molecule has 0 fully saturated rings. The quantitative estimate of drug-likeness (QED) is 0.620. The lowest BCUT2D eigenvalue weighted by atomic mass is 9.87. The van der Waals surface area contributed by atoms with Crippen molar-refractivity contribution in [2.75, 3.05) is 0 Å². The number of nitrogens with zero attached hydrogens (tertiary/aromatic N) is 1. The molecule has 1 aromatic rings. The number of fused-ring (bicyclic) bond motifs is 1. The predicted molar refractivity (Wildman–Crippen MR) is 55.1 cm³/mol.